The van der Waals surface area contributed by atoms with E-state index >= 15 is 0 Å². The average molecular weight is 395 g/mol. The van der Waals surface area contributed by atoms with Gasteiger partial charge in [-0.1, -0.05) is 35.5 Å². The van der Waals surface area contributed by atoms with Gasteiger partial charge in [-0.25, -0.2) is 9.07 Å². The molecule has 7 nitrogen and oxygen atoms in total. The summed E-state index contributed by atoms with van der Waals surface area (Å²) < 4.78 is 15.1. The van der Waals surface area contributed by atoms with E-state index in [9.17, 15) is 14.0 Å². The van der Waals surface area contributed by atoms with Crippen molar-refractivity contribution in [2.45, 2.75) is 19.5 Å². The van der Waals surface area contributed by atoms with Crippen LogP contribution in [-0.4, -0.2) is 56.9 Å². The monoisotopic (exact) mass is 395 g/mol. The highest BCUT2D eigenvalue weighted by atomic mass is 19.1. The van der Waals surface area contributed by atoms with Crippen LogP contribution in [-0.2, 0) is 17.9 Å². The Kier molecular flexibility index (Phi) is 5.62. The Balaban J connectivity index is 1.31. The van der Waals surface area contributed by atoms with Crippen LogP contribution < -0.4 is 5.56 Å². The first-order valence-electron chi connectivity index (χ1n) is 9.68. The van der Waals surface area contributed by atoms with Gasteiger partial charge in [0.2, 0.25) is 5.91 Å². The predicted octanol–water partition coefficient (Wildman–Crippen LogP) is 1.67. The molecule has 0 N–H and O–H groups in total. The molecule has 8 heteroatoms. The largest absolute Gasteiger partial charge is 0.340 e. The lowest BCUT2D eigenvalue weighted by molar-refractivity contribution is -0.133. The molecule has 4 rings (SSSR count). The summed E-state index contributed by atoms with van der Waals surface area (Å²) in [6.07, 6.45) is 0.195. The number of hydrogen-bond donors (Lipinski definition) is 0. The first-order valence-corrected chi connectivity index (χ1v) is 9.68. The maximum Gasteiger partial charge on any atom is 0.277 e. The molecular weight excluding hydrogens is 373 g/mol. The molecule has 2 heterocycles. The van der Waals surface area contributed by atoms with Gasteiger partial charge in [-0.05, 0) is 18.2 Å². The Bertz CT molecular complexity index is 1080. The van der Waals surface area contributed by atoms with E-state index in [2.05, 4.69) is 15.2 Å². The molecule has 1 fully saturated rings. The highest BCUT2D eigenvalue weighted by Crippen LogP contribution is 2.12. The van der Waals surface area contributed by atoms with Crippen LogP contribution in [0.15, 0.2) is 53.3 Å². The summed E-state index contributed by atoms with van der Waals surface area (Å²) in [4.78, 5) is 28.9. The number of amides is 1. The zero-order chi connectivity index (χ0) is 20.2. The van der Waals surface area contributed by atoms with E-state index in [0.717, 1.165) is 0 Å². The molecule has 0 bridgehead atoms. The first kappa shape index (κ1) is 19.2. The summed E-state index contributed by atoms with van der Waals surface area (Å²) in [5, 5.41) is 8.47. The number of fused-ring (bicyclic) bond motifs is 1. The second-order valence-electron chi connectivity index (χ2n) is 7.13. The van der Waals surface area contributed by atoms with Crippen LogP contribution in [0.1, 0.15) is 12.0 Å². The number of nitrogens with zero attached hydrogens (tertiary/aromatic N) is 5. The number of hydrogen-bond acceptors (Lipinski definition) is 5. The molecule has 0 atom stereocenters. The van der Waals surface area contributed by atoms with E-state index < -0.39 is 0 Å². The highest BCUT2D eigenvalue weighted by Gasteiger charge is 2.21. The zero-order valence-electron chi connectivity index (χ0n) is 16.0. The molecule has 0 spiro atoms. The number of aromatic nitrogens is 3. The molecule has 1 aromatic heterocycles. The summed E-state index contributed by atoms with van der Waals surface area (Å²) >= 11 is 0. The standard InChI is InChI=1S/C21H22FN5O2/c22-18-7-3-1-5-16(18)15-25-11-13-26(14-12-25)20(28)9-10-27-21(29)17-6-2-4-8-19(17)23-24-27/h1-8H,9-15H2. The minimum atomic E-state index is -0.238. The van der Waals surface area contributed by atoms with Crippen molar-refractivity contribution in [2.24, 2.45) is 0 Å². The Labute approximate surface area is 167 Å². The van der Waals surface area contributed by atoms with Gasteiger partial charge in [-0.15, -0.1) is 5.10 Å². The van der Waals surface area contributed by atoms with Crippen LogP contribution in [0.4, 0.5) is 4.39 Å². The van der Waals surface area contributed by atoms with Crippen LogP contribution in [0.5, 0.6) is 0 Å². The lowest BCUT2D eigenvalue weighted by atomic mass is 10.2. The molecular formula is C21H22FN5O2. The Hall–Kier alpha value is -3.13. The van der Waals surface area contributed by atoms with Crippen molar-refractivity contribution in [1.29, 1.82) is 0 Å². The van der Waals surface area contributed by atoms with Crippen molar-refractivity contribution in [3.8, 4) is 0 Å². The number of carbonyl (C=O) groups is 1. The van der Waals surface area contributed by atoms with E-state index in [4.69, 9.17) is 0 Å². The number of halogens is 1. The highest BCUT2D eigenvalue weighted by molar-refractivity contribution is 5.77. The number of benzene rings is 2. The molecule has 2 aromatic carbocycles. The number of rotatable bonds is 5. The van der Waals surface area contributed by atoms with Gasteiger partial charge in [0.05, 0.1) is 11.9 Å². The summed E-state index contributed by atoms with van der Waals surface area (Å²) in [6, 6.07) is 13.8. The molecule has 3 aromatic rings. The third-order valence-electron chi connectivity index (χ3n) is 5.24. The van der Waals surface area contributed by atoms with Gasteiger partial charge >= 0.3 is 0 Å². The van der Waals surface area contributed by atoms with Crippen LogP contribution >= 0.6 is 0 Å². The fourth-order valence-electron chi connectivity index (χ4n) is 3.55. The molecule has 0 unspecified atom stereocenters. The van der Waals surface area contributed by atoms with Gasteiger partial charge in [-0.2, -0.15) is 0 Å². The quantitative estimate of drug-likeness (QED) is 0.657. The maximum absolute atomic E-state index is 13.8. The fourth-order valence-corrected chi connectivity index (χ4v) is 3.55. The predicted molar refractivity (Wildman–Crippen MR) is 107 cm³/mol. The first-order chi connectivity index (χ1) is 14.1. The summed E-state index contributed by atoms with van der Waals surface area (Å²) in [6.45, 7) is 3.30. The van der Waals surface area contributed by atoms with Gasteiger partial charge in [0.25, 0.3) is 5.56 Å². The zero-order valence-corrected chi connectivity index (χ0v) is 16.0. The summed E-state index contributed by atoms with van der Waals surface area (Å²) in [7, 11) is 0. The van der Waals surface area contributed by atoms with Crippen LogP contribution in [0, 0.1) is 5.82 Å². The maximum atomic E-state index is 13.8. The average Bonchev–Trinajstić information content (AvgIpc) is 2.75. The molecule has 1 aliphatic rings. The molecule has 150 valence electrons. The van der Waals surface area contributed by atoms with Crippen LogP contribution in [0.2, 0.25) is 0 Å². The minimum Gasteiger partial charge on any atom is -0.340 e. The number of carbonyl (C=O) groups excluding carboxylic acids is 1. The van der Waals surface area contributed by atoms with E-state index in [1.54, 1.807) is 41.3 Å². The van der Waals surface area contributed by atoms with Gasteiger partial charge in [0.1, 0.15) is 11.3 Å². The second kappa shape index (κ2) is 8.48. The SMILES string of the molecule is O=C(CCn1nnc2ccccc2c1=O)N1CCN(Cc2ccccc2F)CC1. The number of aryl methyl sites for hydroxylation is 1. The van der Waals surface area contributed by atoms with Gasteiger partial charge in [-0.3, -0.25) is 14.5 Å². The second-order valence-corrected chi connectivity index (χ2v) is 7.13. The fraction of sp³-hybridized carbons (Fsp3) is 0.333. The Morgan fingerprint density at radius 1 is 1.00 bits per heavy atom. The molecule has 0 saturated carbocycles. The van der Waals surface area contributed by atoms with Crippen molar-refractivity contribution in [3.05, 3.63) is 70.3 Å². The third-order valence-corrected chi connectivity index (χ3v) is 5.24. The summed E-state index contributed by atoms with van der Waals surface area (Å²) in [5.41, 5.74) is 0.977. The van der Waals surface area contributed by atoms with Crippen LogP contribution in [0.3, 0.4) is 0 Å². The Morgan fingerprint density at radius 3 is 2.52 bits per heavy atom. The molecule has 29 heavy (non-hydrogen) atoms. The Morgan fingerprint density at radius 2 is 1.72 bits per heavy atom. The van der Waals surface area contributed by atoms with Gasteiger partial charge < -0.3 is 4.90 Å². The molecule has 0 aliphatic carbocycles. The number of piperazine rings is 1. The van der Waals surface area contributed by atoms with E-state index in [-0.39, 0.29) is 30.2 Å². The summed E-state index contributed by atoms with van der Waals surface area (Å²) in [5.74, 6) is -0.217. The smallest absolute Gasteiger partial charge is 0.277 e. The molecule has 0 radical (unpaired) electrons. The lowest BCUT2D eigenvalue weighted by Gasteiger charge is -2.34. The van der Waals surface area contributed by atoms with E-state index in [1.807, 2.05) is 6.07 Å². The van der Waals surface area contributed by atoms with Crippen molar-refractivity contribution >= 4 is 16.8 Å². The molecule has 1 saturated heterocycles. The van der Waals surface area contributed by atoms with Crippen molar-refractivity contribution in [1.82, 2.24) is 24.8 Å². The normalized spacial score (nSPS) is 15.0. The van der Waals surface area contributed by atoms with Crippen LogP contribution in [0.25, 0.3) is 10.9 Å². The van der Waals surface area contributed by atoms with Gasteiger partial charge in [0, 0.05) is 44.7 Å². The lowest BCUT2D eigenvalue weighted by Crippen LogP contribution is -2.48. The van der Waals surface area contributed by atoms with E-state index in [1.165, 1.54) is 10.7 Å². The topological polar surface area (TPSA) is 71.3 Å². The molecule has 1 amide bonds. The van der Waals surface area contributed by atoms with Gasteiger partial charge in [0.15, 0.2) is 0 Å². The third kappa shape index (κ3) is 4.32. The molecule has 1 aliphatic heterocycles. The van der Waals surface area contributed by atoms with Crippen molar-refractivity contribution < 1.29 is 9.18 Å². The van der Waals surface area contributed by atoms with E-state index in [0.29, 0.717) is 49.2 Å². The van der Waals surface area contributed by atoms with Crippen molar-refractivity contribution in [2.75, 3.05) is 26.2 Å². The minimum absolute atomic E-state index is 0.0163. The van der Waals surface area contributed by atoms with Crippen molar-refractivity contribution in [3.63, 3.8) is 0 Å².